The molecule has 25 heavy (non-hydrogen) atoms. The zero-order valence-electron chi connectivity index (χ0n) is 13.5. The van der Waals surface area contributed by atoms with Crippen LogP contribution in [0.4, 0.5) is 5.69 Å². The highest BCUT2D eigenvalue weighted by Gasteiger charge is 2.30. The highest BCUT2D eigenvalue weighted by atomic mass is 16.2. The van der Waals surface area contributed by atoms with Crippen LogP contribution in [0, 0.1) is 11.3 Å². The quantitative estimate of drug-likeness (QED) is 0.880. The SMILES string of the molecule is C=C(C#N)CN1Cc2c(cccc2-c2ccc3c(c2)CC(=O)N3)C1=O. The third-order valence-electron chi connectivity index (χ3n) is 4.62. The molecule has 0 aromatic heterocycles. The van der Waals surface area contributed by atoms with E-state index >= 15 is 0 Å². The molecule has 2 heterocycles. The lowest BCUT2D eigenvalue weighted by atomic mass is 9.95. The van der Waals surface area contributed by atoms with E-state index in [2.05, 4.69) is 11.9 Å². The lowest BCUT2D eigenvalue weighted by molar-refractivity contribution is -0.115. The Morgan fingerprint density at radius 1 is 1.24 bits per heavy atom. The zero-order chi connectivity index (χ0) is 17.6. The second-order valence-corrected chi connectivity index (χ2v) is 6.31. The molecule has 122 valence electrons. The van der Waals surface area contributed by atoms with Crippen molar-refractivity contribution in [3.05, 3.63) is 65.2 Å². The summed E-state index contributed by atoms with van der Waals surface area (Å²) in [5, 5.41) is 11.7. The van der Waals surface area contributed by atoms with Crippen LogP contribution in [0.25, 0.3) is 11.1 Å². The fraction of sp³-hybridized carbons (Fsp3) is 0.150. The van der Waals surface area contributed by atoms with E-state index in [9.17, 15) is 9.59 Å². The summed E-state index contributed by atoms with van der Waals surface area (Å²) < 4.78 is 0. The second-order valence-electron chi connectivity index (χ2n) is 6.31. The fourth-order valence-corrected chi connectivity index (χ4v) is 3.45. The van der Waals surface area contributed by atoms with Gasteiger partial charge in [0.1, 0.15) is 0 Å². The predicted octanol–water partition coefficient (Wildman–Crippen LogP) is 2.88. The summed E-state index contributed by atoms with van der Waals surface area (Å²) in [4.78, 5) is 25.8. The van der Waals surface area contributed by atoms with Gasteiger partial charge < -0.3 is 10.2 Å². The summed E-state index contributed by atoms with van der Waals surface area (Å²) in [5.41, 5.74) is 5.78. The molecule has 0 unspecified atom stereocenters. The van der Waals surface area contributed by atoms with E-state index in [0.717, 1.165) is 27.9 Å². The maximum absolute atomic E-state index is 12.6. The highest BCUT2D eigenvalue weighted by molar-refractivity contribution is 6.02. The van der Waals surface area contributed by atoms with E-state index in [1.807, 2.05) is 42.5 Å². The number of amides is 2. The van der Waals surface area contributed by atoms with Crippen molar-refractivity contribution in [3.63, 3.8) is 0 Å². The Balaban J connectivity index is 1.73. The van der Waals surface area contributed by atoms with Gasteiger partial charge in [-0.05, 0) is 40.5 Å². The van der Waals surface area contributed by atoms with Crippen LogP contribution in [0.3, 0.4) is 0 Å². The Kier molecular flexibility index (Phi) is 3.40. The van der Waals surface area contributed by atoms with E-state index < -0.39 is 0 Å². The average molecular weight is 329 g/mol. The van der Waals surface area contributed by atoms with Crippen LogP contribution in [-0.4, -0.2) is 23.3 Å². The van der Waals surface area contributed by atoms with Crippen LogP contribution < -0.4 is 5.32 Å². The molecule has 0 aliphatic carbocycles. The minimum absolute atomic E-state index is 0.00168. The van der Waals surface area contributed by atoms with Gasteiger partial charge in [-0.2, -0.15) is 5.26 Å². The molecule has 2 aliphatic heterocycles. The zero-order valence-corrected chi connectivity index (χ0v) is 13.5. The minimum atomic E-state index is -0.0775. The Bertz CT molecular complexity index is 985. The molecule has 0 spiro atoms. The maximum Gasteiger partial charge on any atom is 0.254 e. The van der Waals surface area contributed by atoms with Gasteiger partial charge in [0.2, 0.25) is 5.91 Å². The smallest absolute Gasteiger partial charge is 0.254 e. The fourth-order valence-electron chi connectivity index (χ4n) is 3.45. The van der Waals surface area contributed by atoms with Crippen molar-refractivity contribution in [1.82, 2.24) is 4.90 Å². The van der Waals surface area contributed by atoms with Gasteiger partial charge in [-0.1, -0.05) is 24.8 Å². The summed E-state index contributed by atoms with van der Waals surface area (Å²) in [5.74, 6) is -0.0759. The Hall–Kier alpha value is -3.39. The number of carbonyl (C=O) groups is 2. The molecule has 0 saturated heterocycles. The Morgan fingerprint density at radius 3 is 2.84 bits per heavy atom. The van der Waals surface area contributed by atoms with Crippen molar-refractivity contribution < 1.29 is 9.59 Å². The first-order chi connectivity index (χ1) is 12.1. The Labute approximate surface area is 145 Å². The van der Waals surface area contributed by atoms with Gasteiger partial charge in [-0.15, -0.1) is 0 Å². The lowest BCUT2D eigenvalue weighted by Gasteiger charge is -2.14. The number of anilines is 1. The molecule has 0 bridgehead atoms. The van der Waals surface area contributed by atoms with Gasteiger partial charge in [-0.3, -0.25) is 9.59 Å². The number of hydrogen-bond acceptors (Lipinski definition) is 3. The van der Waals surface area contributed by atoms with E-state index in [4.69, 9.17) is 5.26 Å². The van der Waals surface area contributed by atoms with Crippen molar-refractivity contribution >= 4 is 17.5 Å². The van der Waals surface area contributed by atoms with Gasteiger partial charge in [0.05, 0.1) is 19.0 Å². The van der Waals surface area contributed by atoms with Crippen molar-refractivity contribution in [1.29, 1.82) is 5.26 Å². The van der Waals surface area contributed by atoms with Crippen LogP contribution in [0.2, 0.25) is 0 Å². The average Bonchev–Trinajstić information content (AvgIpc) is 3.13. The first kappa shape index (κ1) is 15.2. The van der Waals surface area contributed by atoms with Crippen molar-refractivity contribution in [2.24, 2.45) is 0 Å². The third kappa shape index (κ3) is 2.48. The standard InChI is InChI=1S/C20H15N3O2/c1-12(9-21)10-23-11-17-15(3-2-4-16(17)20(23)25)13-5-6-18-14(7-13)8-19(24)22-18/h2-7H,1,8,10-11H2,(H,22,24). The molecule has 0 atom stereocenters. The molecule has 5 heteroatoms. The number of hydrogen-bond donors (Lipinski definition) is 1. The van der Waals surface area contributed by atoms with Gasteiger partial charge in [0.25, 0.3) is 5.91 Å². The molecule has 0 fully saturated rings. The van der Waals surface area contributed by atoms with Gasteiger partial charge in [0.15, 0.2) is 0 Å². The van der Waals surface area contributed by atoms with E-state index in [-0.39, 0.29) is 18.4 Å². The number of nitriles is 1. The van der Waals surface area contributed by atoms with E-state index in [1.54, 1.807) is 4.90 Å². The van der Waals surface area contributed by atoms with Crippen molar-refractivity contribution in [2.75, 3.05) is 11.9 Å². The number of nitrogens with zero attached hydrogens (tertiary/aromatic N) is 2. The molecule has 5 nitrogen and oxygen atoms in total. The summed E-state index contributed by atoms with van der Waals surface area (Å²) >= 11 is 0. The van der Waals surface area contributed by atoms with Crippen LogP contribution in [-0.2, 0) is 17.8 Å². The van der Waals surface area contributed by atoms with Crippen LogP contribution in [0.1, 0.15) is 21.5 Å². The number of benzene rings is 2. The van der Waals surface area contributed by atoms with Gasteiger partial charge in [0, 0.05) is 23.4 Å². The summed E-state index contributed by atoms with van der Waals surface area (Å²) in [6.07, 6.45) is 0.380. The van der Waals surface area contributed by atoms with Crippen LogP contribution >= 0.6 is 0 Å². The summed E-state index contributed by atoms with van der Waals surface area (Å²) in [7, 11) is 0. The highest BCUT2D eigenvalue weighted by Crippen LogP contribution is 2.35. The monoisotopic (exact) mass is 329 g/mol. The number of fused-ring (bicyclic) bond motifs is 2. The molecule has 4 rings (SSSR count). The number of rotatable bonds is 3. The molecule has 2 aromatic carbocycles. The lowest BCUT2D eigenvalue weighted by Crippen LogP contribution is -2.25. The first-order valence-electron chi connectivity index (χ1n) is 7.99. The molecule has 0 saturated carbocycles. The summed E-state index contributed by atoms with van der Waals surface area (Å²) in [6.45, 7) is 4.37. The normalized spacial score (nSPS) is 14.8. The van der Waals surface area contributed by atoms with Crippen LogP contribution in [0.15, 0.2) is 48.6 Å². The van der Waals surface area contributed by atoms with Crippen molar-refractivity contribution in [2.45, 2.75) is 13.0 Å². The molecule has 2 aliphatic rings. The minimum Gasteiger partial charge on any atom is -0.329 e. The second kappa shape index (κ2) is 5.60. The topological polar surface area (TPSA) is 73.2 Å². The van der Waals surface area contributed by atoms with Gasteiger partial charge >= 0.3 is 0 Å². The van der Waals surface area contributed by atoms with E-state index in [0.29, 0.717) is 24.1 Å². The van der Waals surface area contributed by atoms with E-state index in [1.165, 1.54) is 0 Å². The molecule has 1 N–H and O–H groups in total. The first-order valence-corrected chi connectivity index (χ1v) is 7.99. The molecule has 2 amide bonds. The number of nitrogens with one attached hydrogen (secondary N) is 1. The third-order valence-corrected chi connectivity index (χ3v) is 4.62. The maximum atomic E-state index is 12.6. The number of carbonyl (C=O) groups excluding carboxylic acids is 2. The largest absolute Gasteiger partial charge is 0.329 e. The predicted molar refractivity (Wildman–Crippen MR) is 93.7 cm³/mol. The van der Waals surface area contributed by atoms with Gasteiger partial charge in [-0.25, -0.2) is 0 Å². The van der Waals surface area contributed by atoms with Crippen LogP contribution in [0.5, 0.6) is 0 Å². The molecular formula is C20H15N3O2. The Morgan fingerprint density at radius 2 is 2.04 bits per heavy atom. The van der Waals surface area contributed by atoms with Crippen molar-refractivity contribution in [3.8, 4) is 17.2 Å². The molecular weight excluding hydrogens is 314 g/mol. The summed E-state index contributed by atoms with van der Waals surface area (Å²) in [6, 6.07) is 13.5. The molecule has 2 aromatic rings. The molecule has 0 radical (unpaired) electrons.